The Labute approximate surface area is 219 Å². The van der Waals surface area contributed by atoms with Crippen LogP contribution >= 0.6 is 23.2 Å². The van der Waals surface area contributed by atoms with E-state index in [-0.39, 0.29) is 34.5 Å². The van der Waals surface area contributed by atoms with Crippen LogP contribution in [0.4, 0.5) is 17.1 Å². The first-order chi connectivity index (χ1) is 17.6. The summed E-state index contributed by atoms with van der Waals surface area (Å²) in [6.07, 6.45) is 1.27. The molecule has 11 nitrogen and oxygen atoms in total. The molecule has 0 spiro atoms. The number of nitrogens with one attached hydrogen (secondary N) is 1. The van der Waals surface area contributed by atoms with E-state index in [1.807, 2.05) is 6.07 Å². The number of benzene rings is 3. The zero-order chi connectivity index (χ0) is 27.1. The highest BCUT2D eigenvalue weighted by Crippen LogP contribution is 2.43. The number of nitro groups is 2. The fourth-order valence-electron chi connectivity index (χ4n) is 3.07. The van der Waals surface area contributed by atoms with Crippen molar-refractivity contribution >= 4 is 52.2 Å². The number of hydrogen-bond donors (Lipinski definition) is 1. The second-order valence-electron chi connectivity index (χ2n) is 7.17. The topological polar surface area (TPSA) is 158 Å². The monoisotopic (exact) mass is 542 g/mol. The summed E-state index contributed by atoms with van der Waals surface area (Å²) in [6, 6.07) is 13.9. The Balaban J connectivity index is 1.98. The summed E-state index contributed by atoms with van der Waals surface area (Å²) in [7, 11) is 0. The predicted molar refractivity (Wildman–Crippen MR) is 136 cm³/mol. The molecule has 188 valence electrons. The lowest BCUT2D eigenvalue weighted by Gasteiger charge is -2.14. The number of carbonyl (C=O) groups is 1. The smallest absolute Gasteiger partial charge is 0.318 e. The Morgan fingerprint density at radius 2 is 1.84 bits per heavy atom. The molecule has 0 saturated heterocycles. The van der Waals surface area contributed by atoms with E-state index in [1.165, 1.54) is 24.3 Å². The van der Waals surface area contributed by atoms with Gasteiger partial charge in [0.1, 0.15) is 11.6 Å². The van der Waals surface area contributed by atoms with E-state index >= 15 is 0 Å². The normalized spacial score (nSPS) is 10.8. The second-order valence-corrected chi connectivity index (χ2v) is 8.01. The highest BCUT2D eigenvalue weighted by molar-refractivity contribution is 6.32. The molecule has 0 heterocycles. The Morgan fingerprint density at radius 3 is 2.46 bits per heavy atom. The molecule has 0 saturated carbocycles. The molecule has 0 fully saturated rings. The predicted octanol–water partition coefficient (Wildman–Crippen LogP) is 6.55. The first kappa shape index (κ1) is 26.9. The number of ether oxygens (including phenoxy) is 2. The van der Waals surface area contributed by atoms with Crippen LogP contribution in [0.5, 0.6) is 17.2 Å². The number of nitriles is 1. The molecule has 3 rings (SSSR count). The number of nitrogens with zero attached hydrogens (tertiary/aromatic N) is 3. The molecule has 0 aromatic heterocycles. The van der Waals surface area contributed by atoms with Crippen LogP contribution in [0.2, 0.25) is 10.0 Å². The summed E-state index contributed by atoms with van der Waals surface area (Å²) in [6.45, 7) is 1.83. The van der Waals surface area contributed by atoms with Gasteiger partial charge >= 0.3 is 5.69 Å². The van der Waals surface area contributed by atoms with E-state index in [9.17, 15) is 30.3 Å². The van der Waals surface area contributed by atoms with Gasteiger partial charge in [0.2, 0.25) is 5.75 Å². The molecule has 0 aliphatic carbocycles. The second kappa shape index (κ2) is 11.9. The van der Waals surface area contributed by atoms with Crippen LogP contribution in [0.3, 0.4) is 0 Å². The zero-order valence-electron chi connectivity index (χ0n) is 18.9. The van der Waals surface area contributed by atoms with E-state index < -0.39 is 27.1 Å². The third-order valence-corrected chi connectivity index (χ3v) is 5.17. The number of halogens is 2. The maximum atomic E-state index is 12.6. The van der Waals surface area contributed by atoms with Crippen LogP contribution < -0.4 is 14.8 Å². The lowest BCUT2D eigenvalue weighted by molar-refractivity contribution is -0.394. The maximum Gasteiger partial charge on any atom is 0.318 e. The highest BCUT2D eigenvalue weighted by atomic mass is 35.5. The van der Waals surface area contributed by atoms with Gasteiger partial charge in [0.25, 0.3) is 11.6 Å². The van der Waals surface area contributed by atoms with Crippen LogP contribution in [0.15, 0.2) is 60.2 Å². The minimum absolute atomic E-state index is 0.0569. The van der Waals surface area contributed by atoms with Crippen LogP contribution in [-0.2, 0) is 4.79 Å². The van der Waals surface area contributed by atoms with Gasteiger partial charge in [-0.15, -0.1) is 0 Å². The Kier molecular flexibility index (Phi) is 8.63. The molecule has 0 aliphatic heterocycles. The molecular weight excluding hydrogens is 527 g/mol. The van der Waals surface area contributed by atoms with Crippen molar-refractivity contribution in [2.24, 2.45) is 0 Å². The van der Waals surface area contributed by atoms with Gasteiger partial charge in [-0.1, -0.05) is 29.3 Å². The molecule has 1 amide bonds. The van der Waals surface area contributed by atoms with Gasteiger partial charge in [-0.2, -0.15) is 5.26 Å². The number of anilines is 1. The van der Waals surface area contributed by atoms with E-state index in [2.05, 4.69) is 5.32 Å². The summed E-state index contributed by atoms with van der Waals surface area (Å²) >= 11 is 12.3. The van der Waals surface area contributed by atoms with Crippen molar-refractivity contribution in [3.05, 3.63) is 96.0 Å². The minimum atomic E-state index is -0.828. The van der Waals surface area contributed by atoms with Crippen molar-refractivity contribution in [3.8, 4) is 23.3 Å². The van der Waals surface area contributed by atoms with Gasteiger partial charge in [0.15, 0.2) is 11.5 Å². The molecule has 3 aromatic carbocycles. The van der Waals surface area contributed by atoms with Gasteiger partial charge in [0, 0.05) is 16.8 Å². The number of non-ortho nitro benzene ring substituents is 1. The lowest BCUT2D eigenvalue weighted by atomic mass is 10.1. The van der Waals surface area contributed by atoms with Crippen LogP contribution in [-0.4, -0.2) is 22.4 Å². The average Bonchev–Trinajstić information content (AvgIpc) is 2.84. The van der Waals surface area contributed by atoms with Crippen LogP contribution in [0.1, 0.15) is 12.5 Å². The van der Waals surface area contributed by atoms with Crippen molar-refractivity contribution in [2.75, 3.05) is 11.9 Å². The first-order valence-electron chi connectivity index (χ1n) is 10.4. The molecule has 1 N–H and O–H groups in total. The standard InChI is InChI=1S/C24H16Cl2N4O7/c1-2-36-22-10-14(8-15(13-27)24(31)28-17-5-3-4-16(25)11-17)9-19(26)23(22)37-21-7-6-18(29(32)33)12-20(21)30(34)35/h3-12H,2H2,1H3,(H,28,31)/b15-8+. The summed E-state index contributed by atoms with van der Waals surface area (Å²) in [4.78, 5) is 33.4. The SMILES string of the molecule is CCOc1cc(/C=C(\C#N)C(=O)Nc2cccc(Cl)c2)cc(Cl)c1Oc1ccc([N+](=O)[O-])cc1[N+](=O)[O-]. The van der Waals surface area contributed by atoms with Crippen LogP contribution in [0, 0.1) is 31.6 Å². The lowest BCUT2D eigenvalue weighted by Crippen LogP contribution is -2.13. The fourth-order valence-corrected chi connectivity index (χ4v) is 3.52. The third-order valence-electron chi connectivity index (χ3n) is 4.65. The first-order valence-corrected chi connectivity index (χ1v) is 11.1. The number of amides is 1. The number of rotatable bonds is 9. The van der Waals surface area contributed by atoms with Crippen molar-refractivity contribution < 1.29 is 24.1 Å². The number of carbonyl (C=O) groups excluding carboxylic acids is 1. The number of nitro benzene ring substituents is 2. The Hall–Kier alpha value is -4.66. The summed E-state index contributed by atoms with van der Waals surface area (Å²) in [5.74, 6) is -1.04. The minimum Gasteiger partial charge on any atom is -0.490 e. The van der Waals surface area contributed by atoms with Crippen molar-refractivity contribution in [1.82, 2.24) is 0 Å². The van der Waals surface area contributed by atoms with E-state index in [1.54, 1.807) is 25.1 Å². The van der Waals surface area contributed by atoms with Crippen molar-refractivity contribution in [3.63, 3.8) is 0 Å². The van der Waals surface area contributed by atoms with Gasteiger partial charge in [-0.25, -0.2) is 0 Å². The molecule has 13 heteroatoms. The van der Waals surface area contributed by atoms with E-state index in [0.717, 1.165) is 18.2 Å². The molecule has 0 aliphatic rings. The molecule has 0 unspecified atom stereocenters. The van der Waals surface area contributed by atoms with Crippen LogP contribution in [0.25, 0.3) is 6.08 Å². The van der Waals surface area contributed by atoms with Gasteiger partial charge in [0.05, 0.1) is 27.5 Å². The highest BCUT2D eigenvalue weighted by Gasteiger charge is 2.24. The van der Waals surface area contributed by atoms with Gasteiger partial charge in [-0.3, -0.25) is 25.0 Å². The molecule has 37 heavy (non-hydrogen) atoms. The fraction of sp³-hybridized carbons (Fsp3) is 0.0833. The summed E-state index contributed by atoms with van der Waals surface area (Å²) < 4.78 is 11.2. The van der Waals surface area contributed by atoms with Crippen molar-refractivity contribution in [2.45, 2.75) is 6.92 Å². The van der Waals surface area contributed by atoms with Gasteiger partial charge in [-0.05, 0) is 55.0 Å². The Morgan fingerprint density at radius 1 is 1.08 bits per heavy atom. The summed E-state index contributed by atoms with van der Waals surface area (Å²) in [5, 5.41) is 34.9. The molecule has 0 atom stereocenters. The third kappa shape index (κ3) is 6.72. The van der Waals surface area contributed by atoms with Gasteiger partial charge < -0.3 is 14.8 Å². The zero-order valence-corrected chi connectivity index (χ0v) is 20.4. The molecule has 0 bridgehead atoms. The average molecular weight is 543 g/mol. The quantitative estimate of drug-likeness (QED) is 0.138. The maximum absolute atomic E-state index is 12.6. The Bertz CT molecular complexity index is 1470. The van der Waals surface area contributed by atoms with E-state index in [4.69, 9.17) is 32.7 Å². The molecule has 3 aromatic rings. The largest absolute Gasteiger partial charge is 0.490 e. The van der Waals surface area contributed by atoms with E-state index in [0.29, 0.717) is 16.3 Å². The van der Waals surface area contributed by atoms with Crippen molar-refractivity contribution in [1.29, 1.82) is 5.26 Å². The summed E-state index contributed by atoms with van der Waals surface area (Å²) in [5.41, 5.74) is -0.702. The number of hydrogen-bond acceptors (Lipinski definition) is 8. The molecule has 0 radical (unpaired) electrons. The molecular formula is C24H16Cl2N4O7.